The van der Waals surface area contributed by atoms with Crippen LogP contribution < -0.4 is 5.32 Å². The number of methoxy groups -OCH3 is 2. The number of hydrogen-bond donors (Lipinski definition) is 1. The third-order valence-corrected chi connectivity index (χ3v) is 3.48. The van der Waals surface area contributed by atoms with Gasteiger partial charge >= 0.3 is 0 Å². The van der Waals surface area contributed by atoms with Crippen molar-refractivity contribution < 1.29 is 9.47 Å². The number of hydrogen-bond acceptors (Lipinski definition) is 3. The molecule has 0 fully saturated rings. The van der Waals surface area contributed by atoms with Gasteiger partial charge in [-0.25, -0.2) is 0 Å². The van der Waals surface area contributed by atoms with Crippen molar-refractivity contribution in [1.82, 2.24) is 5.32 Å². The van der Waals surface area contributed by atoms with Gasteiger partial charge in [-0.1, -0.05) is 28.1 Å². The zero-order valence-corrected chi connectivity index (χ0v) is 12.2. The molecule has 1 aromatic carbocycles. The van der Waals surface area contributed by atoms with E-state index in [0.717, 1.165) is 17.6 Å². The van der Waals surface area contributed by atoms with Crippen LogP contribution >= 0.6 is 15.9 Å². The predicted molar refractivity (Wildman–Crippen MR) is 73.3 cm³/mol. The van der Waals surface area contributed by atoms with E-state index in [1.54, 1.807) is 14.2 Å². The van der Waals surface area contributed by atoms with Crippen molar-refractivity contribution in [3.8, 4) is 0 Å². The molecule has 0 aliphatic heterocycles. The Balaban J connectivity index is 2.37. The van der Waals surface area contributed by atoms with Crippen molar-refractivity contribution in [3.05, 3.63) is 33.8 Å². The highest BCUT2D eigenvalue weighted by atomic mass is 79.9. The molecule has 0 aromatic heterocycles. The van der Waals surface area contributed by atoms with E-state index < -0.39 is 0 Å². The van der Waals surface area contributed by atoms with Crippen molar-refractivity contribution in [1.29, 1.82) is 0 Å². The second kappa shape index (κ2) is 7.82. The molecule has 1 N–H and O–H groups in total. The summed E-state index contributed by atoms with van der Waals surface area (Å²) in [4.78, 5) is 0. The van der Waals surface area contributed by atoms with Crippen molar-refractivity contribution in [3.63, 3.8) is 0 Å². The molecule has 96 valence electrons. The number of nitrogens with one attached hydrogen (secondary N) is 1. The van der Waals surface area contributed by atoms with E-state index in [1.807, 2.05) is 0 Å². The molecule has 0 aliphatic rings. The van der Waals surface area contributed by atoms with Gasteiger partial charge in [0, 0.05) is 31.8 Å². The minimum Gasteiger partial charge on any atom is -0.382 e. The highest BCUT2D eigenvalue weighted by molar-refractivity contribution is 9.10. The first kappa shape index (κ1) is 14.6. The Hall–Kier alpha value is -0.420. The first-order chi connectivity index (χ1) is 8.17. The van der Waals surface area contributed by atoms with Gasteiger partial charge in [-0.05, 0) is 24.1 Å². The third kappa shape index (κ3) is 5.17. The van der Waals surface area contributed by atoms with E-state index >= 15 is 0 Å². The van der Waals surface area contributed by atoms with Gasteiger partial charge in [0.1, 0.15) is 0 Å². The van der Waals surface area contributed by atoms with Crippen LogP contribution in [0.4, 0.5) is 0 Å². The molecular weight excluding hydrogens is 282 g/mol. The second-order valence-electron chi connectivity index (χ2n) is 4.03. The molecular formula is C13H20BrNO2. The van der Waals surface area contributed by atoms with Crippen LogP contribution in [0.5, 0.6) is 0 Å². The van der Waals surface area contributed by atoms with Crippen LogP contribution in [0.2, 0.25) is 0 Å². The van der Waals surface area contributed by atoms with Crippen LogP contribution in [0.3, 0.4) is 0 Å². The molecule has 17 heavy (non-hydrogen) atoms. The first-order valence-electron chi connectivity index (χ1n) is 5.65. The molecule has 0 radical (unpaired) electrons. The molecule has 1 aromatic rings. The van der Waals surface area contributed by atoms with Crippen LogP contribution in [0.1, 0.15) is 11.1 Å². The normalized spacial score (nSPS) is 12.7. The fourth-order valence-corrected chi connectivity index (χ4v) is 1.95. The van der Waals surface area contributed by atoms with Crippen LogP contribution in [0.15, 0.2) is 22.7 Å². The number of halogens is 1. The summed E-state index contributed by atoms with van der Waals surface area (Å²) >= 11 is 3.53. The molecule has 0 amide bonds. The lowest BCUT2D eigenvalue weighted by atomic mass is 10.1. The maximum atomic E-state index is 5.27. The highest BCUT2D eigenvalue weighted by Gasteiger charge is 2.05. The molecule has 0 saturated carbocycles. The van der Waals surface area contributed by atoms with Gasteiger partial charge in [0.05, 0.1) is 12.7 Å². The minimum atomic E-state index is 0.105. The Morgan fingerprint density at radius 2 is 2.12 bits per heavy atom. The lowest BCUT2D eigenvalue weighted by molar-refractivity contribution is 0.0288. The molecule has 0 bridgehead atoms. The molecule has 4 heteroatoms. The summed E-state index contributed by atoms with van der Waals surface area (Å²) < 4.78 is 11.5. The Morgan fingerprint density at radius 3 is 2.71 bits per heavy atom. The maximum absolute atomic E-state index is 5.27. The molecule has 0 aliphatic carbocycles. The van der Waals surface area contributed by atoms with Crippen molar-refractivity contribution in [2.24, 2.45) is 0 Å². The third-order valence-electron chi connectivity index (χ3n) is 2.62. The monoisotopic (exact) mass is 301 g/mol. The van der Waals surface area contributed by atoms with E-state index in [0.29, 0.717) is 6.61 Å². The molecule has 3 nitrogen and oxygen atoms in total. The first-order valence-corrected chi connectivity index (χ1v) is 6.44. The van der Waals surface area contributed by atoms with Gasteiger partial charge in [-0.15, -0.1) is 0 Å². The van der Waals surface area contributed by atoms with Gasteiger partial charge < -0.3 is 14.8 Å². The average Bonchev–Trinajstić information content (AvgIpc) is 2.32. The smallest absolute Gasteiger partial charge is 0.0928 e. The maximum Gasteiger partial charge on any atom is 0.0928 e. The summed E-state index contributed by atoms with van der Waals surface area (Å²) in [5.41, 5.74) is 2.51. The number of ether oxygens (including phenoxy) is 2. The quantitative estimate of drug-likeness (QED) is 0.839. The summed E-state index contributed by atoms with van der Waals surface area (Å²) in [7, 11) is 3.39. The molecule has 0 heterocycles. The Bertz CT molecular complexity index is 344. The van der Waals surface area contributed by atoms with E-state index in [2.05, 4.69) is 46.4 Å². The summed E-state index contributed by atoms with van der Waals surface area (Å²) in [5.74, 6) is 0. The van der Waals surface area contributed by atoms with Gasteiger partial charge in [-0.2, -0.15) is 0 Å². The van der Waals surface area contributed by atoms with Crippen molar-refractivity contribution in [2.75, 3.05) is 27.4 Å². The highest BCUT2D eigenvalue weighted by Crippen LogP contribution is 2.17. The Labute approximate surface area is 112 Å². The fourth-order valence-electron chi connectivity index (χ4n) is 1.52. The summed E-state index contributed by atoms with van der Waals surface area (Å²) in [5, 5.41) is 3.36. The molecule has 1 rings (SSSR count). The van der Waals surface area contributed by atoms with Gasteiger partial charge in [0.15, 0.2) is 0 Å². The zero-order valence-electron chi connectivity index (χ0n) is 10.6. The predicted octanol–water partition coefficient (Wildman–Crippen LogP) is 2.51. The summed E-state index contributed by atoms with van der Waals surface area (Å²) in [6, 6.07) is 6.38. The largest absolute Gasteiger partial charge is 0.382 e. The summed E-state index contributed by atoms with van der Waals surface area (Å²) in [6.45, 7) is 4.32. The average molecular weight is 302 g/mol. The Morgan fingerprint density at radius 1 is 1.35 bits per heavy atom. The van der Waals surface area contributed by atoms with Crippen LogP contribution in [-0.2, 0) is 16.0 Å². The molecule has 1 unspecified atom stereocenters. The zero-order chi connectivity index (χ0) is 12.7. The molecule has 1 atom stereocenters. The summed E-state index contributed by atoms with van der Waals surface area (Å²) in [6.07, 6.45) is 0.105. The lowest BCUT2D eigenvalue weighted by Crippen LogP contribution is -2.31. The Kier molecular flexibility index (Phi) is 6.73. The van der Waals surface area contributed by atoms with Crippen molar-refractivity contribution in [2.45, 2.75) is 19.6 Å². The molecule has 0 spiro atoms. The van der Waals surface area contributed by atoms with Gasteiger partial charge in [-0.3, -0.25) is 0 Å². The second-order valence-corrected chi connectivity index (χ2v) is 4.88. The molecule has 0 saturated heterocycles. The minimum absolute atomic E-state index is 0.105. The van der Waals surface area contributed by atoms with Crippen LogP contribution in [0.25, 0.3) is 0 Å². The van der Waals surface area contributed by atoms with E-state index in [9.17, 15) is 0 Å². The van der Waals surface area contributed by atoms with Crippen molar-refractivity contribution >= 4 is 15.9 Å². The van der Waals surface area contributed by atoms with E-state index in [4.69, 9.17) is 9.47 Å². The van der Waals surface area contributed by atoms with Crippen LogP contribution in [-0.4, -0.2) is 33.5 Å². The number of rotatable bonds is 7. The van der Waals surface area contributed by atoms with Gasteiger partial charge in [0.25, 0.3) is 0 Å². The fraction of sp³-hybridized carbons (Fsp3) is 0.538. The lowest BCUT2D eigenvalue weighted by Gasteiger charge is -2.15. The van der Waals surface area contributed by atoms with Crippen LogP contribution in [0, 0.1) is 6.92 Å². The van der Waals surface area contributed by atoms with E-state index in [-0.39, 0.29) is 6.10 Å². The van der Waals surface area contributed by atoms with Gasteiger partial charge in [0.2, 0.25) is 0 Å². The topological polar surface area (TPSA) is 30.5 Å². The SMILES string of the molecule is COCC(CNCc1ccc(C)c(Br)c1)OC. The standard InChI is InChI=1S/C13H20BrNO2/c1-10-4-5-11(6-13(10)14)7-15-8-12(17-3)9-16-2/h4-6,12,15H,7-9H2,1-3H3. The number of benzene rings is 1. The van der Waals surface area contributed by atoms with E-state index in [1.165, 1.54) is 11.1 Å². The number of aryl methyl sites for hydroxylation is 1.